The molecule has 0 saturated carbocycles. The van der Waals surface area contributed by atoms with E-state index in [0.717, 1.165) is 64.9 Å². The van der Waals surface area contributed by atoms with Gasteiger partial charge in [-0.15, -0.1) is 24.0 Å². The second-order valence-electron chi connectivity index (χ2n) is 6.39. The predicted molar refractivity (Wildman–Crippen MR) is 96.5 cm³/mol. The molecule has 2 fully saturated rings. The van der Waals surface area contributed by atoms with Crippen LogP contribution < -0.4 is 5.32 Å². The molecular formula is C15H30IN3O2. The molecule has 2 aliphatic heterocycles. The van der Waals surface area contributed by atoms with Crippen LogP contribution in [0.4, 0.5) is 0 Å². The molecule has 2 unspecified atom stereocenters. The summed E-state index contributed by atoms with van der Waals surface area (Å²) in [6.07, 6.45) is 2.27. The molecule has 5 nitrogen and oxygen atoms in total. The Hall–Kier alpha value is -0.0800. The van der Waals surface area contributed by atoms with Crippen LogP contribution in [0.25, 0.3) is 0 Å². The van der Waals surface area contributed by atoms with Gasteiger partial charge in [-0.1, -0.05) is 6.92 Å². The summed E-state index contributed by atoms with van der Waals surface area (Å²) in [5.74, 6) is 1.64. The van der Waals surface area contributed by atoms with E-state index in [2.05, 4.69) is 31.1 Å². The summed E-state index contributed by atoms with van der Waals surface area (Å²) in [5.41, 5.74) is 0.206. The molecular weight excluding hydrogens is 381 g/mol. The minimum absolute atomic E-state index is 0. The summed E-state index contributed by atoms with van der Waals surface area (Å²) in [6.45, 7) is 10.6. The molecule has 2 atom stereocenters. The van der Waals surface area contributed by atoms with Gasteiger partial charge in [-0.2, -0.15) is 0 Å². The van der Waals surface area contributed by atoms with E-state index in [1.165, 1.54) is 0 Å². The van der Waals surface area contributed by atoms with Crippen molar-refractivity contribution in [3.05, 3.63) is 0 Å². The Labute approximate surface area is 145 Å². The molecule has 2 rings (SSSR count). The van der Waals surface area contributed by atoms with Crippen molar-refractivity contribution in [2.24, 2.45) is 16.3 Å². The van der Waals surface area contributed by atoms with E-state index in [0.29, 0.717) is 5.92 Å². The van der Waals surface area contributed by atoms with E-state index in [4.69, 9.17) is 14.5 Å². The van der Waals surface area contributed by atoms with Crippen LogP contribution in [0.15, 0.2) is 4.99 Å². The number of hydrogen-bond donors (Lipinski definition) is 1. The Morgan fingerprint density at radius 3 is 2.76 bits per heavy atom. The Bertz CT molecular complexity index is 327. The van der Waals surface area contributed by atoms with Crippen molar-refractivity contribution in [2.75, 3.05) is 53.1 Å². The molecule has 6 heteroatoms. The van der Waals surface area contributed by atoms with E-state index in [-0.39, 0.29) is 29.4 Å². The van der Waals surface area contributed by atoms with E-state index >= 15 is 0 Å². The third-order valence-electron chi connectivity index (χ3n) is 4.16. The molecule has 0 radical (unpaired) electrons. The van der Waals surface area contributed by atoms with Gasteiger partial charge in [-0.3, -0.25) is 4.99 Å². The molecule has 0 aromatic rings. The molecule has 2 aliphatic rings. The average Bonchev–Trinajstić information content (AvgIpc) is 3.06. The van der Waals surface area contributed by atoms with Gasteiger partial charge < -0.3 is 19.7 Å². The van der Waals surface area contributed by atoms with E-state index in [1.54, 1.807) is 0 Å². The van der Waals surface area contributed by atoms with Crippen molar-refractivity contribution in [2.45, 2.75) is 26.7 Å². The van der Waals surface area contributed by atoms with Gasteiger partial charge in [-0.25, -0.2) is 0 Å². The van der Waals surface area contributed by atoms with Gasteiger partial charge in [-0.05, 0) is 19.8 Å². The molecule has 1 N–H and O–H groups in total. The topological polar surface area (TPSA) is 46.1 Å². The van der Waals surface area contributed by atoms with Gasteiger partial charge in [0.25, 0.3) is 0 Å². The van der Waals surface area contributed by atoms with Crippen LogP contribution in [0.1, 0.15) is 26.7 Å². The zero-order valence-corrected chi connectivity index (χ0v) is 15.9. The first-order valence-corrected chi connectivity index (χ1v) is 7.78. The van der Waals surface area contributed by atoms with Crippen molar-refractivity contribution in [1.29, 1.82) is 0 Å². The van der Waals surface area contributed by atoms with Crippen LogP contribution in [0.3, 0.4) is 0 Å². The van der Waals surface area contributed by atoms with Crippen LogP contribution in [-0.2, 0) is 9.47 Å². The number of nitrogens with one attached hydrogen (secondary N) is 1. The van der Waals surface area contributed by atoms with E-state index in [1.807, 2.05) is 0 Å². The van der Waals surface area contributed by atoms with Gasteiger partial charge in [0.2, 0.25) is 0 Å². The summed E-state index contributed by atoms with van der Waals surface area (Å²) >= 11 is 0. The number of ether oxygens (including phenoxy) is 2. The Balaban J connectivity index is 0.00000220. The van der Waals surface area contributed by atoms with Crippen molar-refractivity contribution >= 4 is 29.9 Å². The van der Waals surface area contributed by atoms with Crippen LogP contribution in [0.2, 0.25) is 0 Å². The zero-order chi connectivity index (χ0) is 14.4. The maximum atomic E-state index is 5.50. The minimum Gasteiger partial charge on any atom is -0.381 e. The van der Waals surface area contributed by atoms with Gasteiger partial charge in [0.15, 0.2) is 5.96 Å². The highest BCUT2D eigenvalue weighted by molar-refractivity contribution is 14.0. The lowest BCUT2D eigenvalue weighted by Gasteiger charge is -2.26. The van der Waals surface area contributed by atoms with Gasteiger partial charge >= 0.3 is 0 Å². The smallest absolute Gasteiger partial charge is 0.193 e. The predicted octanol–water partition coefficient (Wildman–Crippen LogP) is 1.96. The van der Waals surface area contributed by atoms with Gasteiger partial charge in [0.1, 0.15) is 0 Å². The van der Waals surface area contributed by atoms with Crippen molar-refractivity contribution in [3.63, 3.8) is 0 Å². The number of guanidine groups is 1. The maximum absolute atomic E-state index is 5.50. The minimum atomic E-state index is 0. The molecule has 0 amide bonds. The fraction of sp³-hybridized carbons (Fsp3) is 0.933. The molecule has 0 aromatic heterocycles. The number of halogens is 1. The first-order chi connectivity index (χ1) is 9.63. The lowest BCUT2D eigenvalue weighted by molar-refractivity contribution is 0.162. The summed E-state index contributed by atoms with van der Waals surface area (Å²) < 4.78 is 11.0. The Morgan fingerprint density at radius 1 is 1.38 bits per heavy atom. The highest BCUT2D eigenvalue weighted by Crippen LogP contribution is 2.27. The maximum Gasteiger partial charge on any atom is 0.193 e. The molecule has 2 saturated heterocycles. The summed E-state index contributed by atoms with van der Waals surface area (Å²) in [4.78, 5) is 7.06. The first-order valence-electron chi connectivity index (χ1n) is 7.78. The summed E-state index contributed by atoms with van der Waals surface area (Å²) in [6, 6.07) is 0. The third kappa shape index (κ3) is 5.90. The SMILES string of the molecule is CCNC(=NCC1(C)CCOC1)N(C)CC1CCOC1.I. The highest BCUT2D eigenvalue weighted by atomic mass is 127. The molecule has 2 heterocycles. The lowest BCUT2D eigenvalue weighted by atomic mass is 9.90. The van der Waals surface area contributed by atoms with Crippen LogP contribution in [0, 0.1) is 11.3 Å². The quantitative estimate of drug-likeness (QED) is 0.427. The molecule has 0 aromatic carbocycles. The Morgan fingerprint density at radius 2 is 2.19 bits per heavy atom. The second-order valence-corrected chi connectivity index (χ2v) is 6.39. The third-order valence-corrected chi connectivity index (χ3v) is 4.16. The molecule has 0 spiro atoms. The fourth-order valence-electron chi connectivity index (χ4n) is 2.77. The highest BCUT2D eigenvalue weighted by Gasteiger charge is 2.29. The second kappa shape index (κ2) is 9.15. The largest absolute Gasteiger partial charge is 0.381 e. The van der Waals surface area contributed by atoms with Crippen LogP contribution in [0.5, 0.6) is 0 Å². The van der Waals surface area contributed by atoms with Crippen molar-refractivity contribution in [3.8, 4) is 0 Å². The monoisotopic (exact) mass is 411 g/mol. The summed E-state index contributed by atoms with van der Waals surface area (Å²) in [5, 5.41) is 3.39. The number of aliphatic imine (C=N–C) groups is 1. The van der Waals surface area contributed by atoms with Crippen LogP contribution >= 0.6 is 24.0 Å². The average molecular weight is 411 g/mol. The Kier molecular flexibility index (Phi) is 8.26. The lowest BCUT2D eigenvalue weighted by Crippen LogP contribution is -2.42. The molecule has 0 bridgehead atoms. The number of hydrogen-bond acceptors (Lipinski definition) is 3. The molecule has 21 heavy (non-hydrogen) atoms. The first kappa shape index (κ1) is 19.0. The summed E-state index contributed by atoms with van der Waals surface area (Å²) in [7, 11) is 2.12. The molecule has 0 aliphatic carbocycles. The zero-order valence-electron chi connectivity index (χ0n) is 13.6. The fourth-order valence-corrected chi connectivity index (χ4v) is 2.77. The standard InChI is InChI=1S/C15H29N3O2.HI/c1-4-16-14(17-11-15(2)6-8-20-12-15)18(3)9-13-5-7-19-10-13;/h13H,4-12H2,1-3H3,(H,16,17);1H. The van der Waals surface area contributed by atoms with E-state index < -0.39 is 0 Å². The van der Waals surface area contributed by atoms with E-state index in [9.17, 15) is 0 Å². The van der Waals surface area contributed by atoms with Crippen molar-refractivity contribution < 1.29 is 9.47 Å². The van der Waals surface area contributed by atoms with Gasteiger partial charge in [0, 0.05) is 44.7 Å². The number of rotatable bonds is 5. The van der Waals surface area contributed by atoms with Crippen LogP contribution in [-0.4, -0.2) is 64.0 Å². The van der Waals surface area contributed by atoms with Gasteiger partial charge in [0.05, 0.1) is 19.8 Å². The van der Waals surface area contributed by atoms with Crippen molar-refractivity contribution in [1.82, 2.24) is 10.2 Å². The normalized spacial score (nSPS) is 29.3. The molecule has 124 valence electrons. The number of nitrogens with zero attached hydrogens (tertiary/aromatic N) is 2.